The van der Waals surface area contributed by atoms with Crippen LogP contribution in [0.4, 0.5) is 0 Å². The number of amides is 1. The summed E-state index contributed by atoms with van der Waals surface area (Å²) in [7, 11) is 0. The summed E-state index contributed by atoms with van der Waals surface area (Å²) in [4.78, 5) is 16.2. The number of thioether (sulfide) groups is 1. The summed E-state index contributed by atoms with van der Waals surface area (Å²) in [6.45, 7) is 4.15. The Balaban J connectivity index is 0.00000132. The molecule has 2 saturated heterocycles. The Bertz CT molecular complexity index is 514. The number of benzene rings is 1. The number of halogens is 1. The lowest BCUT2D eigenvalue weighted by Crippen LogP contribution is -2.46. The van der Waals surface area contributed by atoms with Gasteiger partial charge in [-0.05, 0) is 49.4 Å². The van der Waals surface area contributed by atoms with Crippen molar-refractivity contribution in [3.63, 3.8) is 0 Å². The standard InChI is InChI=1S/C16H20N2OS.ClH/c19-16(15-7-11-3-1-2-4-14(11)20-15)18-6-5-12-8-17-9-13(12)10-18;/h1-4,12-13,15,17H,5-10H2;1H. The van der Waals surface area contributed by atoms with Crippen LogP contribution in [0.3, 0.4) is 0 Å². The first-order valence-corrected chi connectivity index (χ1v) is 8.43. The number of carbonyl (C=O) groups excluding carboxylic acids is 1. The van der Waals surface area contributed by atoms with Crippen molar-refractivity contribution in [2.75, 3.05) is 26.2 Å². The fraction of sp³-hybridized carbons (Fsp3) is 0.562. The van der Waals surface area contributed by atoms with E-state index in [-0.39, 0.29) is 17.7 Å². The number of rotatable bonds is 1. The molecule has 3 unspecified atom stereocenters. The number of fused-ring (bicyclic) bond motifs is 2. The summed E-state index contributed by atoms with van der Waals surface area (Å²) >= 11 is 1.76. The van der Waals surface area contributed by atoms with Gasteiger partial charge in [0.1, 0.15) is 0 Å². The van der Waals surface area contributed by atoms with Crippen molar-refractivity contribution >= 4 is 30.1 Å². The van der Waals surface area contributed by atoms with Crippen LogP contribution in [0.15, 0.2) is 29.2 Å². The van der Waals surface area contributed by atoms with E-state index >= 15 is 0 Å². The van der Waals surface area contributed by atoms with Gasteiger partial charge in [-0.25, -0.2) is 0 Å². The predicted molar refractivity (Wildman–Crippen MR) is 88.1 cm³/mol. The van der Waals surface area contributed by atoms with E-state index < -0.39 is 0 Å². The van der Waals surface area contributed by atoms with E-state index in [0.29, 0.717) is 11.8 Å². The van der Waals surface area contributed by atoms with Crippen molar-refractivity contribution in [3.8, 4) is 0 Å². The second-order valence-corrected chi connectivity index (χ2v) is 7.41. The molecule has 0 spiro atoms. The molecular formula is C16H21ClN2OS. The Morgan fingerprint density at radius 3 is 2.90 bits per heavy atom. The Morgan fingerprint density at radius 2 is 2.05 bits per heavy atom. The number of carbonyl (C=O) groups is 1. The minimum absolute atomic E-state index is 0. The van der Waals surface area contributed by atoms with Crippen LogP contribution in [0.2, 0.25) is 0 Å². The number of nitrogens with zero attached hydrogens (tertiary/aromatic N) is 1. The first-order valence-electron chi connectivity index (χ1n) is 7.55. The third-order valence-electron chi connectivity index (χ3n) is 4.94. The third kappa shape index (κ3) is 2.81. The molecule has 0 bridgehead atoms. The third-order valence-corrected chi connectivity index (χ3v) is 6.24. The zero-order chi connectivity index (χ0) is 13.5. The zero-order valence-corrected chi connectivity index (χ0v) is 13.6. The Labute approximate surface area is 136 Å². The van der Waals surface area contributed by atoms with Crippen LogP contribution in [0.25, 0.3) is 0 Å². The average molecular weight is 325 g/mol. The summed E-state index contributed by atoms with van der Waals surface area (Å²) in [6.07, 6.45) is 2.08. The van der Waals surface area contributed by atoms with Gasteiger partial charge < -0.3 is 10.2 Å². The fourth-order valence-electron chi connectivity index (χ4n) is 3.76. The van der Waals surface area contributed by atoms with Crippen LogP contribution in [-0.2, 0) is 11.2 Å². The maximum Gasteiger partial charge on any atom is 0.236 e. The normalized spacial score (nSPS) is 30.5. The van der Waals surface area contributed by atoms with E-state index in [2.05, 4.69) is 34.5 Å². The molecule has 21 heavy (non-hydrogen) atoms. The smallest absolute Gasteiger partial charge is 0.236 e. The van der Waals surface area contributed by atoms with E-state index in [0.717, 1.165) is 38.5 Å². The Morgan fingerprint density at radius 1 is 1.24 bits per heavy atom. The lowest BCUT2D eigenvalue weighted by Gasteiger charge is -2.35. The van der Waals surface area contributed by atoms with E-state index in [9.17, 15) is 4.79 Å². The molecule has 0 radical (unpaired) electrons. The molecule has 0 aliphatic carbocycles. The second kappa shape index (κ2) is 6.19. The topological polar surface area (TPSA) is 32.3 Å². The van der Waals surface area contributed by atoms with E-state index in [1.165, 1.54) is 16.9 Å². The van der Waals surface area contributed by atoms with Crippen molar-refractivity contribution in [2.24, 2.45) is 11.8 Å². The van der Waals surface area contributed by atoms with Crippen LogP contribution in [0.1, 0.15) is 12.0 Å². The maximum absolute atomic E-state index is 12.7. The summed E-state index contributed by atoms with van der Waals surface area (Å²) in [6, 6.07) is 8.43. The van der Waals surface area contributed by atoms with Gasteiger partial charge in [0.05, 0.1) is 5.25 Å². The fourth-order valence-corrected chi connectivity index (χ4v) is 5.04. The summed E-state index contributed by atoms with van der Waals surface area (Å²) in [5.41, 5.74) is 1.34. The quantitative estimate of drug-likeness (QED) is 0.859. The predicted octanol–water partition coefficient (Wildman–Crippen LogP) is 2.19. The SMILES string of the molecule is Cl.O=C(C1Cc2ccccc2S1)N1CCC2CNCC2C1. The molecule has 0 saturated carbocycles. The molecule has 3 aliphatic heterocycles. The van der Waals surface area contributed by atoms with Crippen LogP contribution >= 0.6 is 24.2 Å². The van der Waals surface area contributed by atoms with Crippen molar-refractivity contribution in [3.05, 3.63) is 29.8 Å². The molecule has 0 aromatic heterocycles. The van der Waals surface area contributed by atoms with Crippen molar-refractivity contribution < 1.29 is 4.79 Å². The molecule has 3 aliphatic rings. The lowest BCUT2D eigenvalue weighted by molar-refractivity contribution is -0.132. The minimum Gasteiger partial charge on any atom is -0.341 e. The van der Waals surface area contributed by atoms with Crippen molar-refractivity contribution in [1.29, 1.82) is 0 Å². The minimum atomic E-state index is 0. The van der Waals surface area contributed by atoms with Gasteiger partial charge in [-0.3, -0.25) is 4.79 Å². The average Bonchev–Trinajstić information content (AvgIpc) is 3.11. The highest BCUT2D eigenvalue weighted by Crippen LogP contribution is 2.38. The number of likely N-dealkylation sites (tertiary alicyclic amines) is 1. The molecule has 1 aromatic carbocycles. The van der Waals surface area contributed by atoms with Gasteiger partial charge in [0.2, 0.25) is 5.91 Å². The van der Waals surface area contributed by atoms with Gasteiger partial charge in [-0.1, -0.05) is 18.2 Å². The highest BCUT2D eigenvalue weighted by molar-refractivity contribution is 8.01. The zero-order valence-electron chi connectivity index (χ0n) is 12.0. The van der Waals surface area contributed by atoms with Gasteiger partial charge in [0.15, 0.2) is 0 Å². The molecule has 5 heteroatoms. The number of nitrogens with one attached hydrogen (secondary N) is 1. The highest BCUT2D eigenvalue weighted by Gasteiger charge is 2.38. The van der Waals surface area contributed by atoms with Gasteiger partial charge >= 0.3 is 0 Å². The van der Waals surface area contributed by atoms with Crippen molar-refractivity contribution in [2.45, 2.75) is 23.0 Å². The van der Waals surface area contributed by atoms with Gasteiger partial charge in [0.25, 0.3) is 0 Å². The largest absolute Gasteiger partial charge is 0.341 e. The van der Waals surface area contributed by atoms with Crippen LogP contribution < -0.4 is 5.32 Å². The monoisotopic (exact) mass is 324 g/mol. The Kier molecular flexibility index (Phi) is 4.48. The molecular weight excluding hydrogens is 304 g/mol. The van der Waals surface area contributed by atoms with Gasteiger partial charge in [0, 0.05) is 18.0 Å². The number of piperidine rings is 1. The highest BCUT2D eigenvalue weighted by atomic mass is 35.5. The van der Waals surface area contributed by atoms with Gasteiger partial charge in [-0.2, -0.15) is 0 Å². The molecule has 4 rings (SSSR count). The van der Waals surface area contributed by atoms with Gasteiger partial charge in [-0.15, -0.1) is 24.2 Å². The van der Waals surface area contributed by atoms with E-state index in [1.54, 1.807) is 11.8 Å². The Hall–Kier alpha value is -0.710. The molecule has 3 nitrogen and oxygen atoms in total. The van der Waals surface area contributed by atoms with Crippen molar-refractivity contribution in [1.82, 2.24) is 10.2 Å². The first-order chi connectivity index (χ1) is 9.81. The molecule has 1 aromatic rings. The summed E-state index contributed by atoms with van der Waals surface area (Å²) < 4.78 is 0. The molecule has 3 heterocycles. The number of hydrogen-bond donors (Lipinski definition) is 1. The molecule has 1 N–H and O–H groups in total. The first kappa shape index (κ1) is 15.2. The van der Waals surface area contributed by atoms with E-state index in [4.69, 9.17) is 0 Å². The summed E-state index contributed by atoms with van der Waals surface area (Å²) in [5.74, 6) is 1.84. The summed E-state index contributed by atoms with van der Waals surface area (Å²) in [5, 5.41) is 3.57. The van der Waals surface area contributed by atoms with Crippen LogP contribution in [-0.4, -0.2) is 42.2 Å². The molecule has 3 atom stereocenters. The van der Waals surface area contributed by atoms with Crippen LogP contribution in [0, 0.1) is 11.8 Å². The van der Waals surface area contributed by atoms with E-state index in [1.807, 2.05) is 0 Å². The number of hydrogen-bond acceptors (Lipinski definition) is 3. The maximum atomic E-state index is 12.7. The molecule has 2 fully saturated rings. The lowest BCUT2D eigenvalue weighted by atomic mass is 9.88. The van der Waals surface area contributed by atoms with Crippen LogP contribution in [0.5, 0.6) is 0 Å². The molecule has 1 amide bonds. The second-order valence-electron chi connectivity index (χ2n) is 6.17. The molecule has 114 valence electrons.